The third-order valence-corrected chi connectivity index (χ3v) is 4.52. The van der Waals surface area contributed by atoms with Crippen molar-refractivity contribution < 1.29 is 9.53 Å². The molecule has 0 aromatic carbocycles. The third-order valence-electron chi connectivity index (χ3n) is 3.78. The zero-order valence-electron chi connectivity index (χ0n) is 14.2. The van der Waals surface area contributed by atoms with E-state index in [9.17, 15) is 4.79 Å². The Morgan fingerprint density at radius 2 is 1.81 bits per heavy atom. The van der Waals surface area contributed by atoms with E-state index in [2.05, 4.69) is 23.8 Å². The molecule has 21 heavy (non-hydrogen) atoms. The van der Waals surface area contributed by atoms with E-state index in [0.29, 0.717) is 12.1 Å². The van der Waals surface area contributed by atoms with Gasteiger partial charge >= 0.3 is 6.09 Å². The normalized spacial score (nSPS) is 24.4. The topological polar surface area (TPSA) is 50.4 Å². The number of carbonyl (C=O) groups is 1. The molecule has 2 N–H and O–H groups in total. The van der Waals surface area contributed by atoms with Crippen molar-refractivity contribution in [3.63, 3.8) is 0 Å². The maximum Gasteiger partial charge on any atom is 0.407 e. The molecule has 1 aliphatic rings. The molecule has 1 unspecified atom stereocenters. The van der Waals surface area contributed by atoms with Crippen LogP contribution < -0.4 is 10.6 Å². The Labute approximate surface area is 134 Å². The summed E-state index contributed by atoms with van der Waals surface area (Å²) in [5, 5.41) is 6.75. The SMILES string of the molecule is CCC(CSC)NC1CCC(NC(=O)OC(C)(C)C)CC1. The van der Waals surface area contributed by atoms with E-state index in [0.717, 1.165) is 25.7 Å². The minimum absolute atomic E-state index is 0.263. The molecule has 0 aliphatic heterocycles. The fraction of sp³-hybridized carbons (Fsp3) is 0.938. The van der Waals surface area contributed by atoms with Gasteiger partial charge in [-0.1, -0.05) is 6.92 Å². The average molecular weight is 317 g/mol. The van der Waals surface area contributed by atoms with Crippen molar-refractivity contribution >= 4 is 17.9 Å². The molecule has 1 atom stereocenters. The lowest BCUT2D eigenvalue weighted by atomic mass is 9.90. The van der Waals surface area contributed by atoms with Crippen LogP contribution in [0.4, 0.5) is 4.79 Å². The summed E-state index contributed by atoms with van der Waals surface area (Å²) in [5.41, 5.74) is -0.422. The van der Waals surface area contributed by atoms with Gasteiger partial charge in [0.25, 0.3) is 0 Å². The number of ether oxygens (including phenoxy) is 1. The summed E-state index contributed by atoms with van der Waals surface area (Å²) < 4.78 is 5.31. The predicted octanol–water partition coefficient (Wildman–Crippen LogP) is 3.55. The summed E-state index contributed by atoms with van der Waals surface area (Å²) in [4.78, 5) is 11.8. The molecule has 0 radical (unpaired) electrons. The van der Waals surface area contributed by atoms with Gasteiger partial charge in [-0.2, -0.15) is 11.8 Å². The molecule has 1 saturated carbocycles. The van der Waals surface area contributed by atoms with Crippen LogP contribution in [-0.4, -0.2) is 41.8 Å². The lowest BCUT2D eigenvalue weighted by Crippen LogP contribution is -2.46. The molecule has 0 heterocycles. The molecule has 0 saturated heterocycles. The van der Waals surface area contributed by atoms with E-state index in [-0.39, 0.29) is 12.1 Å². The molecule has 0 aromatic heterocycles. The second kappa shape index (κ2) is 8.89. The lowest BCUT2D eigenvalue weighted by molar-refractivity contribution is 0.0489. The van der Waals surface area contributed by atoms with Crippen molar-refractivity contribution in [2.24, 2.45) is 0 Å². The Hall–Kier alpha value is -0.420. The number of hydrogen-bond donors (Lipinski definition) is 2. The number of carbonyl (C=O) groups excluding carboxylic acids is 1. The minimum Gasteiger partial charge on any atom is -0.444 e. The molecule has 1 amide bonds. The van der Waals surface area contributed by atoms with E-state index < -0.39 is 5.60 Å². The van der Waals surface area contributed by atoms with Gasteiger partial charge in [0.2, 0.25) is 0 Å². The maximum atomic E-state index is 11.8. The highest BCUT2D eigenvalue weighted by Gasteiger charge is 2.25. The molecular formula is C16H32N2O2S. The fourth-order valence-electron chi connectivity index (χ4n) is 2.70. The molecule has 0 bridgehead atoms. The number of rotatable bonds is 6. The smallest absolute Gasteiger partial charge is 0.407 e. The zero-order valence-corrected chi connectivity index (χ0v) is 15.0. The van der Waals surface area contributed by atoms with Crippen LogP contribution in [0.5, 0.6) is 0 Å². The van der Waals surface area contributed by atoms with Crippen LogP contribution in [0.15, 0.2) is 0 Å². The number of thioether (sulfide) groups is 1. The average Bonchev–Trinajstić information content (AvgIpc) is 2.38. The van der Waals surface area contributed by atoms with Crippen LogP contribution in [0.2, 0.25) is 0 Å². The molecule has 1 fully saturated rings. The molecule has 4 nitrogen and oxygen atoms in total. The van der Waals surface area contributed by atoms with Crippen molar-refractivity contribution in [3.8, 4) is 0 Å². The molecule has 1 aliphatic carbocycles. The highest BCUT2D eigenvalue weighted by molar-refractivity contribution is 7.98. The lowest BCUT2D eigenvalue weighted by Gasteiger charge is -2.32. The van der Waals surface area contributed by atoms with Crippen molar-refractivity contribution in [1.29, 1.82) is 0 Å². The molecule has 124 valence electrons. The Bertz CT molecular complexity index is 310. The third kappa shape index (κ3) is 7.96. The summed E-state index contributed by atoms with van der Waals surface area (Å²) in [6.07, 6.45) is 7.38. The first kappa shape index (κ1) is 18.6. The molecular weight excluding hydrogens is 284 g/mol. The number of hydrogen-bond acceptors (Lipinski definition) is 4. The van der Waals surface area contributed by atoms with Crippen LogP contribution >= 0.6 is 11.8 Å². The van der Waals surface area contributed by atoms with E-state index >= 15 is 0 Å². The number of nitrogens with one attached hydrogen (secondary N) is 2. The summed E-state index contributed by atoms with van der Waals surface area (Å²) in [6, 6.07) is 1.47. The van der Waals surface area contributed by atoms with Gasteiger partial charge in [0.1, 0.15) is 5.60 Å². The van der Waals surface area contributed by atoms with Crippen LogP contribution in [0.25, 0.3) is 0 Å². The number of amides is 1. The first-order chi connectivity index (χ1) is 9.84. The zero-order chi connectivity index (χ0) is 15.9. The van der Waals surface area contributed by atoms with Gasteiger partial charge in [0.05, 0.1) is 0 Å². The van der Waals surface area contributed by atoms with Crippen LogP contribution in [0, 0.1) is 0 Å². The van der Waals surface area contributed by atoms with Crippen molar-refractivity contribution in [1.82, 2.24) is 10.6 Å². The first-order valence-electron chi connectivity index (χ1n) is 8.08. The van der Waals surface area contributed by atoms with Gasteiger partial charge < -0.3 is 15.4 Å². The van der Waals surface area contributed by atoms with Crippen LogP contribution in [0.1, 0.15) is 59.8 Å². The summed E-state index contributed by atoms with van der Waals surface area (Å²) in [6.45, 7) is 7.92. The highest BCUT2D eigenvalue weighted by atomic mass is 32.2. The fourth-order valence-corrected chi connectivity index (χ4v) is 3.43. The molecule has 1 rings (SSSR count). The molecule has 5 heteroatoms. The summed E-state index contributed by atoms with van der Waals surface area (Å²) in [7, 11) is 0. The predicted molar refractivity (Wildman–Crippen MR) is 91.0 cm³/mol. The molecule has 0 aromatic rings. The van der Waals surface area contributed by atoms with Gasteiger partial charge in [-0.05, 0) is 59.1 Å². The Balaban J connectivity index is 2.27. The van der Waals surface area contributed by atoms with Gasteiger partial charge in [0, 0.05) is 23.9 Å². The Morgan fingerprint density at radius 3 is 2.29 bits per heavy atom. The number of alkyl carbamates (subject to hydrolysis) is 1. The van der Waals surface area contributed by atoms with Gasteiger partial charge in [-0.25, -0.2) is 4.79 Å². The molecule has 0 spiro atoms. The van der Waals surface area contributed by atoms with E-state index in [1.54, 1.807) is 0 Å². The van der Waals surface area contributed by atoms with Crippen molar-refractivity contribution in [3.05, 3.63) is 0 Å². The largest absolute Gasteiger partial charge is 0.444 e. The minimum atomic E-state index is -0.422. The van der Waals surface area contributed by atoms with Crippen LogP contribution in [-0.2, 0) is 4.74 Å². The van der Waals surface area contributed by atoms with Gasteiger partial charge in [-0.3, -0.25) is 0 Å². The highest BCUT2D eigenvalue weighted by Crippen LogP contribution is 2.20. The van der Waals surface area contributed by atoms with Crippen molar-refractivity contribution in [2.75, 3.05) is 12.0 Å². The van der Waals surface area contributed by atoms with Gasteiger partial charge in [0.15, 0.2) is 0 Å². The Kier molecular flexibility index (Phi) is 7.88. The standard InChI is InChI=1S/C16H32N2O2S/c1-6-12(11-21-5)17-13-7-9-14(10-8-13)18-15(19)20-16(2,3)4/h12-14,17H,6-11H2,1-5H3,(H,18,19). The first-order valence-corrected chi connectivity index (χ1v) is 9.48. The summed E-state index contributed by atoms with van der Waals surface area (Å²) in [5.74, 6) is 1.17. The second-order valence-electron chi connectivity index (χ2n) is 6.92. The van der Waals surface area contributed by atoms with Gasteiger partial charge in [-0.15, -0.1) is 0 Å². The second-order valence-corrected chi connectivity index (χ2v) is 7.83. The Morgan fingerprint density at radius 1 is 1.24 bits per heavy atom. The van der Waals surface area contributed by atoms with E-state index in [1.165, 1.54) is 12.2 Å². The quantitative estimate of drug-likeness (QED) is 0.787. The van der Waals surface area contributed by atoms with E-state index in [4.69, 9.17) is 4.74 Å². The maximum absolute atomic E-state index is 11.8. The summed E-state index contributed by atoms with van der Waals surface area (Å²) >= 11 is 1.90. The van der Waals surface area contributed by atoms with E-state index in [1.807, 2.05) is 32.5 Å². The monoisotopic (exact) mass is 316 g/mol. The van der Waals surface area contributed by atoms with Crippen molar-refractivity contribution in [2.45, 2.75) is 83.5 Å². The van der Waals surface area contributed by atoms with Crippen LogP contribution in [0.3, 0.4) is 0 Å².